The first kappa shape index (κ1) is 12.4. The molecule has 2 amide bonds. The molecule has 0 spiro atoms. The molecular formula is C10H18N2O2S. The van der Waals surface area contributed by atoms with E-state index in [0.717, 1.165) is 12.2 Å². The Morgan fingerprint density at radius 3 is 2.87 bits per heavy atom. The van der Waals surface area contributed by atoms with Crippen LogP contribution in [0, 0.1) is 0 Å². The number of amides is 2. The Labute approximate surface area is 94.8 Å². The molecule has 1 saturated heterocycles. The van der Waals surface area contributed by atoms with Gasteiger partial charge in [-0.3, -0.25) is 9.59 Å². The van der Waals surface area contributed by atoms with Gasteiger partial charge >= 0.3 is 0 Å². The molecule has 15 heavy (non-hydrogen) atoms. The van der Waals surface area contributed by atoms with Crippen LogP contribution in [0.25, 0.3) is 0 Å². The number of thioether (sulfide) groups is 1. The Hall–Kier alpha value is -0.710. The number of carbonyl (C=O) groups is 2. The van der Waals surface area contributed by atoms with Gasteiger partial charge in [0.05, 0.1) is 6.54 Å². The number of nitrogens with one attached hydrogen (secondary N) is 1. The van der Waals surface area contributed by atoms with Crippen LogP contribution in [0.1, 0.15) is 19.8 Å². The summed E-state index contributed by atoms with van der Waals surface area (Å²) in [4.78, 5) is 24.8. The zero-order valence-corrected chi connectivity index (χ0v) is 10.1. The summed E-state index contributed by atoms with van der Waals surface area (Å²) in [5, 5.41) is 2.70. The first-order chi connectivity index (χ1) is 7.19. The minimum absolute atomic E-state index is 0.0365. The Bertz CT molecular complexity index is 246. The van der Waals surface area contributed by atoms with Crippen LogP contribution < -0.4 is 5.32 Å². The summed E-state index contributed by atoms with van der Waals surface area (Å²) in [6.45, 7) is 2.83. The van der Waals surface area contributed by atoms with E-state index < -0.39 is 0 Å². The molecule has 1 aliphatic rings. The minimum Gasteiger partial charge on any atom is -0.343 e. The van der Waals surface area contributed by atoms with E-state index >= 15 is 0 Å². The summed E-state index contributed by atoms with van der Waals surface area (Å²) in [7, 11) is 0. The van der Waals surface area contributed by atoms with Crippen LogP contribution in [-0.4, -0.2) is 47.9 Å². The Morgan fingerprint density at radius 1 is 1.53 bits per heavy atom. The number of nitrogens with zero attached hydrogens (tertiary/aromatic N) is 1. The van der Waals surface area contributed by atoms with Crippen molar-refractivity contribution in [1.29, 1.82) is 0 Å². The van der Waals surface area contributed by atoms with Gasteiger partial charge in [-0.05, 0) is 24.9 Å². The predicted octanol–water partition coefficient (Wildman–Crippen LogP) is 0.476. The number of hydrogen-bond acceptors (Lipinski definition) is 3. The lowest BCUT2D eigenvalue weighted by Gasteiger charge is -2.32. The smallest absolute Gasteiger partial charge is 0.245 e. The molecule has 1 rings (SSSR count). The maximum atomic E-state index is 11.8. The second-order valence-electron chi connectivity index (χ2n) is 3.63. The molecule has 0 aromatic rings. The quantitative estimate of drug-likeness (QED) is 0.699. The van der Waals surface area contributed by atoms with E-state index in [-0.39, 0.29) is 24.4 Å². The normalized spacial score (nSPS) is 21.7. The fourth-order valence-electron chi connectivity index (χ4n) is 1.64. The van der Waals surface area contributed by atoms with Crippen molar-refractivity contribution in [3.05, 3.63) is 0 Å². The van der Waals surface area contributed by atoms with Crippen molar-refractivity contribution >= 4 is 23.6 Å². The molecule has 1 N–H and O–H groups in total. The van der Waals surface area contributed by atoms with Gasteiger partial charge in [0.1, 0.15) is 6.04 Å². The van der Waals surface area contributed by atoms with Gasteiger partial charge in [0.2, 0.25) is 11.8 Å². The second kappa shape index (κ2) is 6.00. The van der Waals surface area contributed by atoms with Gasteiger partial charge in [0.15, 0.2) is 0 Å². The molecular weight excluding hydrogens is 212 g/mol. The van der Waals surface area contributed by atoms with Crippen LogP contribution in [0.3, 0.4) is 0 Å². The Morgan fingerprint density at radius 2 is 2.27 bits per heavy atom. The lowest BCUT2D eigenvalue weighted by Crippen LogP contribution is -2.57. The lowest BCUT2D eigenvalue weighted by atomic mass is 10.1. The van der Waals surface area contributed by atoms with E-state index in [4.69, 9.17) is 0 Å². The van der Waals surface area contributed by atoms with Gasteiger partial charge in [-0.25, -0.2) is 0 Å². The molecule has 1 atom stereocenters. The molecule has 1 heterocycles. The van der Waals surface area contributed by atoms with E-state index in [9.17, 15) is 9.59 Å². The van der Waals surface area contributed by atoms with E-state index in [1.165, 1.54) is 0 Å². The van der Waals surface area contributed by atoms with Gasteiger partial charge in [0.25, 0.3) is 0 Å². The SMILES string of the molecule is CCC1NC(=O)CN(CCCSC)C1=O. The van der Waals surface area contributed by atoms with Gasteiger partial charge in [-0.2, -0.15) is 11.8 Å². The number of piperazine rings is 1. The average molecular weight is 230 g/mol. The highest BCUT2D eigenvalue weighted by molar-refractivity contribution is 7.98. The van der Waals surface area contributed by atoms with E-state index in [1.807, 2.05) is 13.2 Å². The maximum Gasteiger partial charge on any atom is 0.245 e. The van der Waals surface area contributed by atoms with Crippen LogP contribution in [0.5, 0.6) is 0 Å². The maximum absolute atomic E-state index is 11.8. The van der Waals surface area contributed by atoms with Gasteiger partial charge in [-0.15, -0.1) is 0 Å². The van der Waals surface area contributed by atoms with Crippen molar-refractivity contribution in [3.63, 3.8) is 0 Å². The zero-order chi connectivity index (χ0) is 11.3. The first-order valence-electron chi connectivity index (χ1n) is 5.26. The highest BCUT2D eigenvalue weighted by Gasteiger charge is 2.30. The van der Waals surface area contributed by atoms with Crippen molar-refractivity contribution in [2.75, 3.05) is 25.1 Å². The van der Waals surface area contributed by atoms with Crippen molar-refractivity contribution in [3.8, 4) is 0 Å². The highest BCUT2D eigenvalue weighted by Crippen LogP contribution is 2.07. The largest absolute Gasteiger partial charge is 0.343 e. The van der Waals surface area contributed by atoms with Crippen molar-refractivity contribution < 1.29 is 9.59 Å². The third-order valence-electron chi connectivity index (χ3n) is 2.46. The summed E-state index contributed by atoms with van der Waals surface area (Å²) >= 11 is 1.76. The second-order valence-corrected chi connectivity index (χ2v) is 4.62. The van der Waals surface area contributed by atoms with Crippen molar-refractivity contribution in [2.24, 2.45) is 0 Å². The van der Waals surface area contributed by atoms with Crippen LogP contribution >= 0.6 is 11.8 Å². The molecule has 4 nitrogen and oxygen atoms in total. The minimum atomic E-state index is -0.305. The molecule has 0 radical (unpaired) electrons. The molecule has 0 aromatic carbocycles. The third kappa shape index (κ3) is 3.41. The molecule has 86 valence electrons. The van der Waals surface area contributed by atoms with Gasteiger partial charge < -0.3 is 10.2 Å². The zero-order valence-electron chi connectivity index (χ0n) is 9.28. The molecule has 0 bridgehead atoms. The summed E-state index contributed by atoms with van der Waals surface area (Å²) in [5.41, 5.74) is 0. The molecule has 5 heteroatoms. The van der Waals surface area contributed by atoms with Crippen LogP contribution in [0.15, 0.2) is 0 Å². The number of carbonyl (C=O) groups excluding carboxylic acids is 2. The summed E-state index contributed by atoms with van der Waals surface area (Å²) < 4.78 is 0. The summed E-state index contributed by atoms with van der Waals surface area (Å²) in [6, 6.07) is -0.305. The molecule has 0 aliphatic carbocycles. The summed E-state index contributed by atoms with van der Waals surface area (Å²) in [5.74, 6) is 1.06. The lowest BCUT2D eigenvalue weighted by molar-refractivity contribution is -0.144. The molecule has 1 aliphatic heterocycles. The topological polar surface area (TPSA) is 49.4 Å². The van der Waals surface area contributed by atoms with Crippen LogP contribution in [0.2, 0.25) is 0 Å². The molecule has 0 aromatic heterocycles. The van der Waals surface area contributed by atoms with Gasteiger partial charge in [0, 0.05) is 6.54 Å². The van der Waals surface area contributed by atoms with Crippen molar-refractivity contribution in [1.82, 2.24) is 10.2 Å². The molecule has 1 fully saturated rings. The number of hydrogen-bond donors (Lipinski definition) is 1. The number of rotatable bonds is 5. The van der Waals surface area contributed by atoms with Crippen molar-refractivity contribution in [2.45, 2.75) is 25.8 Å². The fraction of sp³-hybridized carbons (Fsp3) is 0.800. The standard InChI is InChI=1S/C10H18N2O2S/c1-3-8-10(14)12(5-4-6-15-2)7-9(13)11-8/h8H,3-7H2,1-2H3,(H,11,13). The Kier molecular flexibility index (Phi) is 4.94. The van der Waals surface area contributed by atoms with Crippen LogP contribution in [0.4, 0.5) is 0 Å². The summed E-state index contributed by atoms with van der Waals surface area (Å²) in [6.07, 6.45) is 3.67. The molecule has 1 unspecified atom stereocenters. The van der Waals surface area contributed by atoms with E-state index in [2.05, 4.69) is 5.32 Å². The third-order valence-corrected chi connectivity index (χ3v) is 3.16. The van der Waals surface area contributed by atoms with Crippen LogP contribution in [-0.2, 0) is 9.59 Å². The fourth-order valence-corrected chi connectivity index (χ4v) is 2.06. The molecule has 0 saturated carbocycles. The van der Waals surface area contributed by atoms with E-state index in [1.54, 1.807) is 16.7 Å². The van der Waals surface area contributed by atoms with Gasteiger partial charge in [-0.1, -0.05) is 6.92 Å². The average Bonchev–Trinajstić information content (AvgIpc) is 2.23. The monoisotopic (exact) mass is 230 g/mol. The Balaban J connectivity index is 2.47. The highest BCUT2D eigenvalue weighted by atomic mass is 32.2. The van der Waals surface area contributed by atoms with E-state index in [0.29, 0.717) is 13.0 Å². The first-order valence-corrected chi connectivity index (χ1v) is 6.65. The predicted molar refractivity (Wildman–Crippen MR) is 61.8 cm³/mol.